The van der Waals surface area contributed by atoms with Crippen LogP contribution in [0.4, 0.5) is 23.2 Å². The number of alkyl halides is 3. The molecule has 0 spiro atoms. The average Bonchev–Trinajstić information content (AvgIpc) is 3.07. The zero-order chi connectivity index (χ0) is 38.9. The zero-order valence-corrected chi connectivity index (χ0v) is 31.3. The third-order valence-electron chi connectivity index (χ3n) is 9.60. The first-order valence-electron chi connectivity index (χ1n) is 17.7. The lowest BCUT2D eigenvalue weighted by atomic mass is 9.81. The summed E-state index contributed by atoms with van der Waals surface area (Å²) >= 11 is 0. The van der Waals surface area contributed by atoms with E-state index in [9.17, 15) is 32.3 Å². The van der Waals surface area contributed by atoms with Gasteiger partial charge in [-0.25, -0.2) is 9.18 Å². The summed E-state index contributed by atoms with van der Waals surface area (Å²) in [5, 5.41) is 10.5. The van der Waals surface area contributed by atoms with Crippen LogP contribution in [0.25, 0.3) is 11.1 Å². The standard InChI is InChI=1S/C42H47F4N3O4/c1-26-34(36(48-21-19-41(6,7)20-22-48)35(27(2)47-26)37(39(51)52)53-40(3,4)5)30-15-11-28(12-16-30)24-49(25-29-13-17-33(43)18-14-29)38(50)31-9-8-10-32(23-31)42(44,45)46/h8-18,23,37H,19-22,24-25H2,1-7H3,(H,51,52). The fourth-order valence-corrected chi connectivity index (χ4v) is 6.77. The lowest BCUT2D eigenvalue weighted by molar-refractivity contribution is -0.160. The van der Waals surface area contributed by atoms with Gasteiger partial charge < -0.3 is 19.6 Å². The average molecular weight is 734 g/mol. The molecule has 1 unspecified atom stereocenters. The van der Waals surface area contributed by atoms with Crippen LogP contribution >= 0.6 is 0 Å². The van der Waals surface area contributed by atoms with Crippen LogP contribution in [-0.4, -0.2) is 45.6 Å². The van der Waals surface area contributed by atoms with Crippen LogP contribution in [-0.2, 0) is 28.8 Å². The molecule has 1 saturated heterocycles. The minimum atomic E-state index is -4.62. The van der Waals surface area contributed by atoms with Gasteiger partial charge in [0.25, 0.3) is 5.91 Å². The van der Waals surface area contributed by atoms with Crippen molar-refractivity contribution >= 4 is 17.6 Å². The van der Waals surface area contributed by atoms with Crippen molar-refractivity contribution in [2.45, 2.75) is 92.3 Å². The number of hydrogen-bond acceptors (Lipinski definition) is 5. The van der Waals surface area contributed by atoms with Crippen molar-refractivity contribution in [2.75, 3.05) is 18.0 Å². The molecule has 2 heterocycles. The highest BCUT2D eigenvalue weighted by Crippen LogP contribution is 2.45. The Kier molecular flexibility index (Phi) is 11.4. The SMILES string of the molecule is Cc1nc(C)c(C(OC(C)(C)C)C(=O)O)c(N2CCC(C)(C)CC2)c1-c1ccc(CN(Cc2ccc(F)cc2)C(=O)c2cccc(C(F)(F)F)c2)cc1. The molecule has 0 aliphatic carbocycles. The topological polar surface area (TPSA) is 83.0 Å². The van der Waals surface area contributed by atoms with E-state index in [2.05, 4.69) is 18.7 Å². The molecule has 1 aliphatic heterocycles. The number of pyridine rings is 1. The maximum Gasteiger partial charge on any atom is 0.416 e. The fraction of sp³-hybridized carbons (Fsp3) is 0.405. The number of carboxylic acids is 1. The number of amides is 1. The van der Waals surface area contributed by atoms with Gasteiger partial charge in [0.15, 0.2) is 6.10 Å². The highest BCUT2D eigenvalue weighted by Gasteiger charge is 2.37. The first kappa shape index (κ1) is 39.4. The Labute approximate surface area is 308 Å². The van der Waals surface area contributed by atoms with E-state index < -0.39 is 41.1 Å². The molecule has 0 bridgehead atoms. The van der Waals surface area contributed by atoms with Crippen LogP contribution in [0.1, 0.15) is 97.6 Å². The second kappa shape index (κ2) is 15.3. The minimum Gasteiger partial charge on any atom is -0.479 e. The van der Waals surface area contributed by atoms with Gasteiger partial charge in [-0.1, -0.05) is 56.3 Å². The van der Waals surface area contributed by atoms with Crippen LogP contribution < -0.4 is 4.90 Å². The summed E-state index contributed by atoms with van der Waals surface area (Å²) in [5.41, 5.74) is 3.78. The minimum absolute atomic E-state index is 0.0290. The third kappa shape index (κ3) is 9.62. The molecule has 0 radical (unpaired) electrons. The lowest BCUT2D eigenvalue weighted by Crippen LogP contribution is -2.39. The molecule has 3 aromatic carbocycles. The molecule has 1 atom stereocenters. The van der Waals surface area contributed by atoms with E-state index in [0.29, 0.717) is 35.5 Å². The number of aryl methyl sites for hydroxylation is 2. The summed E-state index contributed by atoms with van der Waals surface area (Å²) in [7, 11) is 0. The van der Waals surface area contributed by atoms with Crippen LogP contribution in [0.15, 0.2) is 72.8 Å². The van der Waals surface area contributed by atoms with E-state index in [0.717, 1.165) is 47.5 Å². The van der Waals surface area contributed by atoms with Crippen molar-refractivity contribution in [3.05, 3.63) is 118 Å². The summed E-state index contributed by atoms with van der Waals surface area (Å²) < 4.78 is 60.5. The predicted octanol–water partition coefficient (Wildman–Crippen LogP) is 9.93. The molecule has 4 aromatic rings. The predicted molar refractivity (Wildman–Crippen MR) is 197 cm³/mol. The molecule has 282 valence electrons. The molecule has 1 fully saturated rings. The molecule has 1 amide bonds. The molecule has 0 saturated carbocycles. The Morgan fingerprint density at radius 3 is 2.00 bits per heavy atom. The Balaban J connectivity index is 1.56. The van der Waals surface area contributed by atoms with Crippen molar-refractivity contribution in [3.8, 4) is 11.1 Å². The number of carboxylic acid groups (broad SMARTS) is 1. The monoisotopic (exact) mass is 733 g/mol. The van der Waals surface area contributed by atoms with Crippen molar-refractivity contribution in [1.82, 2.24) is 9.88 Å². The van der Waals surface area contributed by atoms with Crippen molar-refractivity contribution in [1.29, 1.82) is 0 Å². The summed E-state index contributed by atoms with van der Waals surface area (Å²) in [6.45, 7) is 15.1. The Hall–Kier alpha value is -4.77. The van der Waals surface area contributed by atoms with Crippen LogP contribution in [0.3, 0.4) is 0 Å². The van der Waals surface area contributed by atoms with Gasteiger partial charge in [0, 0.05) is 54.3 Å². The van der Waals surface area contributed by atoms with Gasteiger partial charge in [-0.15, -0.1) is 0 Å². The van der Waals surface area contributed by atoms with Gasteiger partial charge in [0.05, 0.1) is 16.9 Å². The van der Waals surface area contributed by atoms with Gasteiger partial charge in [-0.2, -0.15) is 13.2 Å². The highest BCUT2D eigenvalue weighted by molar-refractivity contribution is 5.94. The van der Waals surface area contributed by atoms with E-state index in [4.69, 9.17) is 9.72 Å². The summed E-state index contributed by atoms with van der Waals surface area (Å²) in [5.74, 6) is -2.17. The van der Waals surface area contributed by atoms with Gasteiger partial charge in [0.2, 0.25) is 0 Å². The van der Waals surface area contributed by atoms with Gasteiger partial charge in [-0.3, -0.25) is 9.78 Å². The Morgan fingerprint density at radius 1 is 0.906 bits per heavy atom. The number of carbonyl (C=O) groups excluding carboxylic acids is 1. The summed E-state index contributed by atoms with van der Waals surface area (Å²) in [6, 6.07) is 17.4. The number of anilines is 1. The molecule has 53 heavy (non-hydrogen) atoms. The van der Waals surface area contributed by atoms with E-state index in [1.807, 2.05) is 58.9 Å². The van der Waals surface area contributed by atoms with Crippen molar-refractivity contribution in [3.63, 3.8) is 0 Å². The van der Waals surface area contributed by atoms with Crippen LogP contribution in [0, 0.1) is 25.1 Å². The van der Waals surface area contributed by atoms with Crippen molar-refractivity contribution in [2.24, 2.45) is 5.41 Å². The molecule has 5 rings (SSSR count). The number of carbonyl (C=O) groups is 2. The lowest BCUT2D eigenvalue weighted by Gasteiger charge is -2.41. The van der Waals surface area contributed by atoms with E-state index in [-0.39, 0.29) is 24.1 Å². The normalized spacial score (nSPS) is 15.3. The Bertz CT molecular complexity index is 1940. The second-order valence-corrected chi connectivity index (χ2v) is 15.6. The number of nitrogens with zero attached hydrogens (tertiary/aromatic N) is 3. The number of aromatic nitrogens is 1. The quantitative estimate of drug-likeness (QED) is 0.164. The summed E-state index contributed by atoms with van der Waals surface area (Å²) in [4.78, 5) is 35.2. The van der Waals surface area contributed by atoms with Crippen LogP contribution in [0.5, 0.6) is 0 Å². The number of halogens is 4. The molecule has 7 nitrogen and oxygen atoms in total. The molecule has 1 aromatic heterocycles. The number of piperidine rings is 1. The molecule has 1 N–H and O–H groups in total. The smallest absolute Gasteiger partial charge is 0.416 e. The zero-order valence-electron chi connectivity index (χ0n) is 31.3. The van der Waals surface area contributed by atoms with Gasteiger partial charge in [0.1, 0.15) is 5.82 Å². The molecule has 11 heteroatoms. The molecule has 1 aliphatic rings. The number of rotatable bonds is 10. The second-order valence-electron chi connectivity index (χ2n) is 15.6. The third-order valence-corrected chi connectivity index (χ3v) is 9.60. The number of benzene rings is 3. The molecular weight excluding hydrogens is 686 g/mol. The maximum atomic E-state index is 13.8. The van der Waals surface area contributed by atoms with Crippen LogP contribution in [0.2, 0.25) is 0 Å². The molecular formula is C42H47F4N3O4. The van der Waals surface area contributed by atoms with Crippen molar-refractivity contribution < 1.29 is 37.0 Å². The number of aliphatic carboxylic acids is 1. The highest BCUT2D eigenvalue weighted by atomic mass is 19.4. The van der Waals surface area contributed by atoms with E-state index in [1.54, 1.807) is 0 Å². The number of ether oxygens (including phenoxy) is 1. The Morgan fingerprint density at radius 2 is 1.47 bits per heavy atom. The largest absolute Gasteiger partial charge is 0.479 e. The first-order valence-corrected chi connectivity index (χ1v) is 17.7. The van der Waals surface area contributed by atoms with Gasteiger partial charge >= 0.3 is 12.1 Å². The summed E-state index contributed by atoms with van der Waals surface area (Å²) in [6.07, 6.45) is -4.07. The van der Waals surface area contributed by atoms with Gasteiger partial charge in [-0.05, 0) is 99.9 Å². The fourth-order valence-electron chi connectivity index (χ4n) is 6.77. The maximum absolute atomic E-state index is 13.8. The van der Waals surface area contributed by atoms with E-state index in [1.165, 1.54) is 41.3 Å². The first-order chi connectivity index (χ1) is 24.7. The number of hydrogen-bond donors (Lipinski definition) is 1. The van der Waals surface area contributed by atoms with E-state index >= 15 is 0 Å².